The third-order valence-electron chi connectivity index (χ3n) is 3.09. The normalized spacial score (nSPS) is 11.4. The first kappa shape index (κ1) is 10.5. The highest BCUT2D eigenvalue weighted by Gasteiger charge is 2.08. The second-order valence-corrected chi connectivity index (χ2v) is 4.67. The smallest absolute Gasteiger partial charge is 0.155 e. The maximum absolute atomic E-state index is 6.01. The maximum atomic E-state index is 6.01. The van der Waals surface area contributed by atoms with E-state index in [1.54, 1.807) is 10.7 Å². The third-order valence-corrected chi connectivity index (χ3v) is 3.30. The number of pyridine rings is 2. The Kier molecular flexibility index (Phi) is 2.10. The van der Waals surface area contributed by atoms with Crippen LogP contribution >= 0.6 is 11.6 Å². The van der Waals surface area contributed by atoms with E-state index in [-0.39, 0.29) is 0 Å². The van der Waals surface area contributed by atoms with E-state index in [1.807, 2.05) is 30.6 Å². The van der Waals surface area contributed by atoms with Crippen LogP contribution in [-0.2, 0) is 0 Å². The number of fused-ring (bicyclic) bond motifs is 2. The molecule has 0 unspecified atom stereocenters. The van der Waals surface area contributed by atoms with Crippen LogP contribution in [0.4, 0.5) is 0 Å². The summed E-state index contributed by atoms with van der Waals surface area (Å²) in [5, 5.41) is 5.70. The van der Waals surface area contributed by atoms with E-state index >= 15 is 0 Å². The first-order valence-corrected chi connectivity index (χ1v) is 6.11. The number of nitrogens with one attached hydrogen (secondary N) is 1. The Bertz CT molecular complexity index is 892. The summed E-state index contributed by atoms with van der Waals surface area (Å²) in [4.78, 5) is 11.6. The molecule has 4 rings (SSSR count). The van der Waals surface area contributed by atoms with Crippen molar-refractivity contribution in [3.8, 4) is 11.1 Å². The van der Waals surface area contributed by atoms with Crippen LogP contribution in [0.25, 0.3) is 27.8 Å². The van der Waals surface area contributed by atoms with Crippen molar-refractivity contribution < 1.29 is 0 Å². The van der Waals surface area contributed by atoms with E-state index in [9.17, 15) is 0 Å². The number of nitrogens with zero attached hydrogens (tertiary/aromatic N) is 4. The summed E-state index contributed by atoms with van der Waals surface area (Å²) in [6.07, 6.45) is 6.98. The van der Waals surface area contributed by atoms with E-state index < -0.39 is 0 Å². The van der Waals surface area contributed by atoms with Crippen molar-refractivity contribution in [1.29, 1.82) is 0 Å². The third kappa shape index (κ3) is 1.59. The summed E-state index contributed by atoms with van der Waals surface area (Å²) < 4.78 is 1.73. The second kappa shape index (κ2) is 3.80. The van der Waals surface area contributed by atoms with Crippen LogP contribution in [-0.4, -0.2) is 24.6 Å². The second-order valence-electron chi connectivity index (χ2n) is 4.23. The standard InChI is InChI=1S/C13H8ClN5/c14-9-4-10-11(6-16-13(10)15-5-9)8-1-2-19-12(3-8)17-7-18-19/h1-7H,(H,15,16). The lowest BCUT2D eigenvalue weighted by Gasteiger charge is -2.00. The highest BCUT2D eigenvalue weighted by molar-refractivity contribution is 6.31. The maximum Gasteiger partial charge on any atom is 0.155 e. The van der Waals surface area contributed by atoms with Gasteiger partial charge in [-0.3, -0.25) is 0 Å². The van der Waals surface area contributed by atoms with Gasteiger partial charge in [-0.05, 0) is 23.8 Å². The molecule has 0 aliphatic heterocycles. The Morgan fingerprint density at radius 1 is 1.21 bits per heavy atom. The zero-order valence-electron chi connectivity index (χ0n) is 9.71. The minimum atomic E-state index is 0.622. The largest absolute Gasteiger partial charge is 0.346 e. The molecule has 0 aliphatic rings. The van der Waals surface area contributed by atoms with Crippen LogP contribution in [0.15, 0.2) is 43.1 Å². The van der Waals surface area contributed by atoms with E-state index in [0.717, 1.165) is 27.8 Å². The van der Waals surface area contributed by atoms with Gasteiger partial charge in [-0.15, -0.1) is 0 Å². The number of hydrogen-bond donors (Lipinski definition) is 1. The number of rotatable bonds is 1. The average Bonchev–Trinajstić information content (AvgIpc) is 3.03. The van der Waals surface area contributed by atoms with Crippen LogP contribution in [0.3, 0.4) is 0 Å². The fourth-order valence-electron chi connectivity index (χ4n) is 2.20. The number of hydrogen-bond acceptors (Lipinski definition) is 3. The molecule has 4 aromatic rings. The molecule has 4 aromatic heterocycles. The number of halogens is 1. The van der Waals surface area contributed by atoms with Crippen molar-refractivity contribution in [2.24, 2.45) is 0 Å². The summed E-state index contributed by atoms with van der Waals surface area (Å²) in [6, 6.07) is 5.88. The topological polar surface area (TPSA) is 58.9 Å². The highest BCUT2D eigenvalue weighted by Crippen LogP contribution is 2.29. The van der Waals surface area contributed by atoms with Gasteiger partial charge in [0, 0.05) is 29.5 Å². The van der Waals surface area contributed by atoms with E-state index in [2.05, 4.69) is 20.1 Å². The van der Waals surface area contributed by atoms with Crippen molar-refractivity contribution in [2.45, 2.75) is 0 Å². The van der Waals surface area contributed by atoms with Gasteiger partial charge in [0.2, 0.25) is 0 Å². The number of aromatic amines is 1. The summed E-state index contributed by atoms with van der Waals surface area (Å²) in [5.41, 5.74) is 3.73. The Morgan fingerprint density at radius 3 is 3.11 bits per heavy atom. The Hall–Kier alpha value is -2.40. The molecular weight excluding hydrogens is 262 g/mol. The number of aromatic nitrogens is 5. The van der Waals surface area contributed by atoms with Crippen LogP contribution < -0.4 is 0 Å². The van der Waals surface area contributed by atoms with Crippen molar-refractivity contribution in [2.75, 3.05) is 0 Å². The molecule has 5 nitrogen and oxygen atoms in total. The van der Waals surface area contributed by atoms with E-state index in [1.165, 1.54) is 6.33 Å². The van der Waals surface area contributed by atoms with Gasteiger partial charge in [0.1, 0.15) is 12.0 Å². The van der Waals surface area contributed by atoms with Crippen molar-refractivity contribution >= 4 is 28.3 Å². The molecule has 0 spiro atoms. The zero-order chi connectivity index (χ0) is 12.8. The SMILES string of the molecule is Clc1cnc2[nH]cc(-c3ccn4ncnc4c3)c2c1. The van der Waals surface area contributed by atoms with Crippen molar-refractivity contribution in [3.05, 3.63) is 48.1 Å². The van der Waals surface area contributed by atoms with E-state index in [4.69, 9.17) is 11.6 Å². The lowest BCUT2D eigenvalue weighted by molar-refractivity contribution is 0.962. The summed E-state index contributed by atoms with van der Waals surface area (Å²) in [5.74, 6) is 0. The van der Waals surface area contributed by atoms with Crippen LogP contribution in [0, 0.1) is 0 Å². The van der Waals surface area contributed by atoms with Gasteiger partial charge in [0.05, 0.1) is 5.02 Å². The van der Waals surface area contributed by atoms with Gasteiger partial charge in [-0.1, -0.05) is 11.6 Å². The molecule has 0 saturated heterocycles. The van der Waals surface area contributed by atoms with Gasteiger partial charge in [-0.2, -0.15) is 5.10 Å². The Morgan fingerprint density at radius 2 is 2.16 bits per heavy atom. The van der Waals surface area contributed by atoms with Gasteiger partial charge >= 0.3 is 0 Å². The molecule has 0 saturated carbocycles. The molecule has 0 atom stereocenters. The highest BCUT2D eigenvalue weighted by atomic mass is 35.5. The molecule has 0 bridgehead atoms. The molecule has 0 aliphatic carbocycles. The molecular formula is C13H8ClN5. The summed E-state index contributed by atoms with van der Waals surface area (Å²) in [7, 11) is 0. The predicted octanol–water partition coefficient (Wildman–Crippen LogP) is 2.93. The summed E-state index contributed by atoms with van der Waals surface area (Å²) >= 11 is 6.01. The lowest BCUT2D eigenvalue weighted by atomic mass is 10.1. The molecule has 1 N–H and O–H groups in total. The molecule has 6 heteroatoms. The molecule has 0 radical (unpaired) electrons. The monoisotopic (exact) mass is 269 g/mol. The van der Waals surface area contributed by atoms with Crippen molar-refractivity contribution in [1.82, 2.24) is 24.6 Å². The van der Waals surface area contributed by atoms with Crippen LogP contribution in [0.1, 0.15) is 0 Å². The first-order valence-electron chi connectivity index (χ1n) is 5.74. The zero-order valence-corrected chi connectivity index (χ0v) is 10.5. The molecule has 0 amide bonds. The Labute approximate surface area is 112 Å². The van der Waals surface area contributed by atoms with Gasteiger partial charge in [-0.25, -0.2) is 14.5 Å². The molecule has 92 valence electrons. The lowest BCUT2D eigenvalue weighted by Crippen LogP contribution is -1.86. The van der Waals surface area contributed by atoms with Crippen LogP contribution in [0.2, 0.25) is 5.02 Å². The minimum absolute atomic E-state index is 0.622. The minimum Gasteiger partial charge on any atom is -0.346 e. The Balaban J connectivity index is 2.00. The van der Waals surface area contributed by atoms with E-state index in [0.29, 0.717) is 5.02 Å². The van der Waals surface area contributed by atoms with Gasteiger partial charge in [0.15, 0.2) is 5.65 Å². The molecule has 4 heterocycles. The molecule has 0 aromatic carbocycles. The summed E-state index contributed by atoms with van der Waals surface area (Å²) in [6.45, 7) is 0. The van der Waals surface area contributed by atoms with Gasteiger partial charge < -0.3 is 4.98 Å². The van der Waals surface area contributed by atoms with Crippen LogP contribution in [0.5, 0.6) is 0 Å². The molecule has 19 heavy (non-hydrogen) atoms. The quantitative estimate of drug-likeness (QED) is 0.578. The van der Waals surface area contributed by atoms with Crippen molar-refractivity contribution in [3.63, 3.8) is 0 Å². The average molecular weight is 270 g/mol. The number of H-pyrrole nitrogens is 1. The fourth-order valence-corrected chi connectivity index (χ4v) is 2.36. The predicted molar refractivity (Wildman–Crippen MR) is 73.1 cm³/mol. The fraction of sp³-hybridized carbons (Fsp3) is 0. The molecule has 0 fully saturated rings. The van der Waals surface area contributed by atoms with Gasteiger partial charge in [0.25, 0.3) is 0 Å². The first-order chi connectivity index (χ1) is 9.31.